The van der Waals surface area contributed by atoms with Gasteiger partial charge in [0.15, 0.2) is 0 Å². The number of carbonyl (C=O) groups is 2. The van der Waals surface area contributed by atoms with Gasteiger partial charge in [-0.3, -0.25) is 4.79 Å². The number of hydrogen-bond acceptors (Lipinski definition) is 3. The van der Waals surface area contributed by atoms with Crippen molar-refractivity contribution in [1.29, 1.82) is 0 Å². The second-order valence-electron chi connectivity index (χ2n) is 4.76. The molecule has 1 aromatic rings. The van der Waals surface area contributed by atoms with E-state index in [1.165, 1.54) is 6.42 Å². The summed E-state index contributed by atoms with van der Waals surface area (Å²) in [5.41, 5.74) is 0.905. The van der Waals surface area contributed by atoms with Crippen molar-refractivity contribution >= 4 is 11.8 Å². The minimum absolute atomic E-state index is 0.109. The highest BCUT2D eigenvalue weighted by Crippen LogP contribution is 2.24. The van der Waals surface area contributed by atoms with Gasteiger partial charge in [0.05, 0.1) is 0 Å². The lowest BCUT2D eigenvalue weighted by molar-refractivity contribution is -0.157. The SMILES string of the molecule is O=C(OCc1ccccc1)C(=O)C1CCCCC1. The van der Waals surface area contributed by atoms with Crippen molar-refractivity contribution in [3.05, 3.63) is 35.9 Å². The van der Waals surface area contributed by atoms with Gasteiger partial charge in [-0.05, 0) is 18.4 Å². The molecule has 1 saturated carbocycles. The van der Waals surface area contributed by atoms with Gasteiger partial charge < -0.3 is 4.74 Å². The van der Waals surface area contributed by atoms with E-state index in [1.54, 1.807) is 0 Å². The third kappa shape index (κ3) is 3.42. The lowest BCUT2D eigenvalue weighted by atomic mass is 9.86. The Morgan fingerprint density at radius 2 is 1.72 bits per heavy atom. The van der Waals surface area contributed by atoms with Crippen LogP contribution in [0.2, 0.25) is 0 Å². The molecule has 0 N–H and O–H groups in total. The van der Waals surface area contributed by atoms with E-state index in [2.05, 4.69) is 0 Å². The first kappa shape index (κ1) is 12.8. The van der Waals surface area contributed by atoms with Crippen molar-refractivity contribution in [2.45, 2.75) is 38.7 Å². The van der Waals surface area contributed by atoms with Gasteiger partial charge in [0.1, 0.15) is 6.61 Å². The van der Waals surface area contributed by atoms with Crippen LogP contribution >= 0.6 is 0 Å². The lowest BCUT2D eigenvalue weighted by Crippen LogP contribution is -2.27. The van der Waals surface area contributed by atoms with E-state index in [1.807, 2.05) is 30.3 Å². The van der Waals surface area contributed by atoms with E-state index in [0.717, 1.165) is 31.2 Å². The Bertz CT molecular complexity index is 405. The highest BCUT2D eigenvalue weighted by Gasteiger charge is 2.27. The monoisotopic (exact) mass is 246 g/mol. The summed E-state index contributed by atoms with van der Waals surface area (Å²) in [5, 5.41) is 0. The minimum atomic E-state index is -0.675. The van der Waals surface area contributed by atoms with E-state index in [9.17, 15) is 9.59 Å². The standard InChI is InChI=1S/C15H18O3/c16-14(13-9-5-2-6-10-13)15(17)18-11-12-7-3-1-4-8-12/h1,3-4,7-8,13H,2,5-6,9-11H2. The first-order chi connectivity index (χ1) is 8.77. The number of esters is 1. The van der Waals surface area contributed by atoms with Crippen LogP contribution in [-0.2, 0) is 20.9 Å². The maximum Gasteiger partial charge on any atom is 0.375 e. The van der Waals surface area contributed by atoms with Crippen molar-refractivity contribution < 1.29 is 14.3 Å². The fourth-order valence-corrected chi connectivity index (χ4v) is 2.33. The molecule has 0 heterocycles. The third-order valence-corrected chi connectivity index (χ3v) is 3.39. The molecule has 0 atom stereocenters. The molecular formula is C15H18O3. The average Bonchev–Trinajstić information content (AvgIpc) is 2.46. The van der Waals surface area contributed by atoms with Crippen molar-refractivity contribution in [3.63, 3.8) is 0 Å². The quantitative estimate of drug-likeness (QED) is 0.606. The number of benzene rings is 1. The molecule has 1 fully saturated rings. The molecule has 3 nitrogen and oxygen atoms in total. The molecule has 1 aliphatic rings. The number of hydrogen-bond donors (Lipinski definition) is 0. The molecule has 0 aliphatic heterocycles. The molecule has 2 rings (SSSR count). The third-order valence-electron chi connectivity index (χ3n) is 3.39. The van der Waals surface area contributed by atoms with Crippen LogP contribution in [0.4, 0.5) is 0 Å². The second kappa shape index (κ2) is 6.34. The molecule has 0 saturated heterocycles. The number of carbonyl (C=O) groups excluding carboxylic acids is 2. The van der Waals surface area contributed by atoms with Gasteiger partial charge in [-0.15, -0.1) is 0 Å². The van der Waals surface area contributed by atoms with Crippen molar-refractivity contribution in [3.8, 4) is 0 Å². The van der Waals surface area contributed by atoms with Gasteiger partial charge in [-0.25, -0.2) is 4.79 Å². The molecule has 1 aliphatic carbocycles. The molecule has 18 heavy (non-hydrogen) atoms. The van der Waals surface area contributed by atoms with Crippen LogP contribution in [-0.4, -0.2) is 11.8 Å². The van der Waals surface area contributed by atoms with Crippen LogP contribution in [0.15, 0.2) is 30.3 Å². The van der Waals surface area contributed by atoms with Crippen LogP contribution in [0.1, 0.15) is 37.7 Å². The van der Waals surface area contributed by atoms with E-state index in [0.29, 0.717) is 0 Å². The molecule has 0 bridgehead atoms. The molecule has 0 unspecified atom stereocenters. The van der Waals surface area contributed by atoms with Crippen LogP contribution in [0.5, 0.6) is 0 Å². The van der Waals surface area contributed by atoms with Crippen molar-refractivity contribution in [2.24, 2.45) is 5.92 Å². The van der Waals surface area contributed by atoms with E-state index in [-0.39, 0.29) is 18.3 Å². The Morgan fingerprint density at radius 1 is 1.06 bits per heavy atom. The predicted octanol–water partition coefficient (Wildman–Crippen LogP) is 2.88. The highest BCUT2D eigenvalue weighted by molar-refractivity contribution is 6.34. The van der Waals surface area contributed by atoms with Crippen LogP contribution in [0.3, 0.4) is 0 Å². The molecule has 96 valence electrons. The molecule has 0 spiro atoms. The Morgan fingerprint density at radius 3 is 2.39 bits per heavy atom. The van der Waals surface area contributed by atoms with Crippen LogP contribution in [0.25, 0.3) is 0 Å². The maximum atomic E-state index is 11.8. The fourth-order valence-electron chi connectivity index (χ4n) is 2.33. The Kier molecular flexibility index (Phi) is 4.51. The Hall–Kier alpha value is -1.64. The number of Topliss-reactive ketones (excluding diaryl/α,β-unsaturated/α-hetero) is 1. The molecular weight excluding hydrogens is 228 g/mol. The molecule has 1 aromatic carbocycles. The maximum absolute atomic E-state index is 11.8. The van der Waals surface area contributed by atoms with Gasteiger partial charge >= 0.3 is 5.97 Å². The summed E-state index contributed by atoms with van der Waals surface area (Å²) >= 11 is 0. The first-order valence-corrected chi connectivity index (χ1v) is 6.52. The lowest BCUT2D eigenvalue weighted by Gasteiger charge is -2.19. The molecule has 3 heteroatoms. The van der Waals surface area contributed by atoms with E-state index < -0.39 is 5.97 Å². The highest BCUT2D eigenvalue weighted by atomic mass is 16.5. The first-order valence-electron chi connectivity index (χ1n) is 6.52. The van der Waals surface area contributed by atoms with E-state index >= 15 is 0 Å². The average molecular weight is 246 g/mol. The molecule has 0 aromatic heterocycles. The summed E-state index contributed by atoms with van der Waals surface area (Å²) in [6, 6.07) is 9.41. The van der Waals surface area contributed by atoms with Gasteiger partial charge in [0.2, 0.25) is 5.78 Å². The summed E-state index contributed by atoms with van der Waals surface area (Å²) in [4.78, 5) is 23.5. The number of ether oxygens (including phenoxy) is 1. The normalized spacial score (nSPS) is 16.2. The van der Waals surface area contributed by atoms with Gasteiger partial charge in [-0.1, -0.05) is 49.6 Å². The van der Waals surface area contributed by atoms with Crippen LogP contribution < -0.4 is 0 Å². The Balaban J connectivity index is 1.82. The minimum Gasteiger partial charge on any atom is -0.455 e. The molecule has 0 amide bonds. The summed E-state index contributed by atoms with van der Waals surface area (Å²) < 4.78 is 5.05. The number of rotatable bonds is 4. The van der Waals surface area contributed by atoms with Gasteiger partial charge in [0, 0.05) is 5.92 Å². The molecule has 0 radical (unpaired) electrons. The summed E-state index contributed by atoms with van der Waals surface area (Å²) in [6.45, 7) is 0.179. The van der Waals surface area contributed by atoms with E-state index in [4.69, 9.17) is 4.74 Å². The largest absolute Gasteiger partial charge is 0.455 e. The summed E-state index contributed by atoms with van der Waals surface area (Å²) in [7, 11) is 0. The van der Waals surface area contributed by atoms with Crippen molar-refractivity contribution in [2.75, 3.05) is 0 Å². The smallest absolute Gasteiger partial charge is 0.375 e. The van der Waals surface area contributed by atoms with Crippen molar-refractivity contribution in [1.82, 2.24) is 0 Å². The zero-order chi connectivity index (χ0) is 12.8. The predicted molar refractivity (Wildman–Crippen MR) is 67.8 cm³/mol. The van der Waals surface area contributed by atoms with Crippen LogP contribution in [0, 0.1) is 5.92 Å². The topological polar surface area (TPSA) is 43.4 Å². The van der Waals surface area contributed by atoms with Gasteiger partial charge in [-0.2, -0.15) is 0 Å². The summed E-state index contributed by atoms with van der Waals surface area (Å²) in [6.07, 6.45) is 4.92. The Labute approximate surface area is 107 Å². The second-order valence-corrected chi connectivity index (χ2v) is 4.76. The number of ketones is 1. The zero-order valence-electron chi connectivity index (χ0n) is 10.4. The summed E-state index contributed by atoms with van der Waals surface area (Å²) in [5.74, 6) is -1.13. The van der Waals surface area contributed by atoms with Gasteiger partial charge in [0.25, 0.3) is 0 Å². The zero-order valence-corrected chi connectivity index (χ0v) is 10.4. The fraction of sp³-hybridized carbons (Fsp3) is 0.467.